The molecule has 29 heavy (non-hydrogen) atoms. The van der Waals surface area contributed by atoms with Crippen molar-refractivity contribution in [3.05, 3.63) is 65.0 Å². The van der Waals surface area contributed by atoms with Gasteiger partial charge in [-0.15, -0.1) is 0 Å². The first-order chi connectivity index (χ1) is 13.9. The third-order valence-corrected chi connectivity index (χ3v) is 6.26. The minimum Gasteiger partial charge on any atom is -0.363 e. The first kappa shape index (κ1) is 20.0. The van der Waals surface area contributed by atoms with Crippen LogP contribution >= 0.6 is 0 Å². The van der Waals surface area contributed by atoms with Gasteiger partial charge >= 0.3 is 0 Å². The molecule has 2 saturated heterocycles. The van der Waals surface area contributed by atoms with E-state index in [0.717, 1.165) is 38.9 Å². The summed E-state index contributed by atoms with van der Waals surface area (Å²) in [4.78, 5) is 16.7. The standard InChI is InChI=1S/C24H29FN2O2/c1-18-7-8-19(2)20(13-18)15-26-11-4-9-24(10-12-26)17-27(23(28)16-29-24)22-6-3-5-21(25)14-22/h3,5-8,13-14H,4,9-12,15-17H2,1-2H3. The van der Waals surface area contributed by atoms with Gasteiger partial charge in [-0.3, -0.25) is 9.69 Å². The molecular weight excluding hydrogens is 367 g/mol. The Morgan fingerprint density at radius 2 is 1.97 bits per heavy atom. The summed E-state index contributed by atoms with van der Waals surface area (Å²) in [5, 5.41) is 0. The minimum atomic E-state index is -0.351. The van der Waals surface area contributed by atoms with Crippen molar-refractivity contribution in [3.8, 4) is 0 Å². The van der Waals surface area contributed by atoms with E-state index in [-0.39, 0.29) is 23.9 Å². The highest BCUT2D eigenvalue weighted by molar-refractivity contribution is 5.95. The average Bonchev–Trinajstić information content (AvgIpc) is 2.89. The van der Waals surface area contributed by atoms with E-state index in [0.29, 0.717) is 12.2 Å². The lowest BCUT2D eigenvalue weighted by molar-refractivity contribution is -0.140. The number of ether oxygens (including phenoxy) is 1. The van der Waals surface area contributed by atoms with Crippen LogP contribution in [0.3, 0.4) is 0 Å². The Labute approximate surface area is 172 Å². The summed E-state index contributed by atoms with van der Waals surface area (Å²) in [6.07, 6.45) is 2.81. The zero-order chi connectivity index (χ0) is 20.4. The summed E-state index contributed by atoms with van der Waals surface area (Å²) in [7, 11) is 0. The molecule has 1 amide bonds. The van der Waals surface area contributed by atoms with Gasteiger partial charge in [0.05, 0.1) is 12.1 Å². The van der Waals surface area contributed by atoms with Gasteiger partial charge in [0, 0.05) is 18.8 Å². The van der Waals surface area contributed by atoms with Crippen LogP contribution in [0.25, 0.3) is 0 Å². The predicted octanol–water partition coefficient (Wildman–Crippen LogP) is 4.23. The van der Waals surface area contributed by atoms with Crippen LogP contribution in [0.1, 0.15) is 36.0 Å². The molecule has 0 aromatic heterocycles. The van der Waals surface area contributed by atoms with E-state index in [4.69, 9.17) is 4.74 Å². The van der Waals surface area contributed by atoms with Gasteiger partial charge in [0.25, 0.3) is 5.91 Å². The van der Waals surface area contributed by atoms with Crippen LogP contribution in [-0.2, 0) is 16.1 Å². The number of morpholine rings is 1. The molecule has 0 aliphatic carbocycles. The number of halogens is 1. The van der Waals surface area contributed by atoms with Crippen LogP contribution in [0.2, 0.25) is 0 Å². The molecule has 1 spiro atoms. The van der Waals surface area contributed by atoms with Crippen molar-refractivity contribution in [1.82, 2.24) is 4.90 Å². The maximum Gasteiger partial charge on any atom is 0.253 e. The van der Waals surface area contributed by atoms with Crippen molar-refractivity contribution in [2.45, 2.75) is 45.3 Å². The molecule has 1 unspecified atom stereocenters. The zero-order valence-corrected chi connectivity index (χ0v) is 17.3. The number of hydrogen-bond donors (Lipinski definition) is 0. The van der Waals surface area contributed by atoms with Gasteiger partial charge < -0.3 is 9.64 Å². The van der Waals surface area contributed by atoms with Crippen molar-refractivity contribution in [2.75, 3.05) is 31.1 Å². The van der Waals surface area contributed by atoms with E-state index in [2.05, 4.69) is 36.9 Å². The van der Waals surface area contributed by atoms with E-state index >= 15 is 0 Å². The molecular formula is C24H29FN2O2. The van der Waals surface area contributed by atoms with Gasteiger partial charge in [-0.25, -0.2) is 4.39 Å². The molecule has 154 valence electrons. The topological polar surface area (TPSA) is 32.8 Å². The summed E-state index contributed by atoms with van der Waals surface area (Å²) < 4.78 is 19.8. The van der Waals surface area contributed by atoms with Crippen LogP contribution in [0.15, 0.2) is 42.5 Å². The number of likely N-dealkylation sites (tertiary alicyclic amines) is 1. The Bertz CT molecular complexity index is 900. The highest BCUT2D eigenvalue weighted by Gasteiger charge is 2.41. The number of hydrogen-bond acceptors (Lipinski definition) is 3. The van der Waals surface area contributed by atoms with Gasteiger partial charge in [-0.05, 0) is 69.0 Å². The highest BCUT2D eigenvalue weighted by Crippen LogP contribution is 2.33. The molecule has 2 aromatic carbocycles. The lowest BCUT2D eigenvalue weighted by Gasteiger charge is -2.42. The molecule has 0 bridgehead atoms. The number of benzene rings is 2. The van der Waals surface area contributed by atoms with Gasteiger partial charge in [0.15, 0.2) is 0 Å². The van der Waals surface area contributed by atoms with E-state index in [1.165, 1.54) is 28.8 Å². The smallest absolute Gasteiger partial charge is 0.253 e. The summed E-state index contributed by atoms with van der Waals surface area (Å²) in [6, 6.07) is 12.9. The number of carbonyl (C=O) groups is 1. The number of rotatable bonds is 3. The molecule has 2 aliphatic heterocycles. The molecule has 4 rings (SSSR count). The Morgan fingerprint density at radius 1 is 1.10 bits per heavy atom. The van der Waals surface area contributed by atoms with Crippen molar-refractivity contribution >= 4 is 11.6 Å². The summed E-state index contributed by atoms with van der Waals surface area (Å²) in [5.74, 6) is -0.422. The Kier molecular flexibility index (Phi) is 5.70. The minimum absolute atomic E-state index is 0.0630. The molecule has 0 radical (unpaired) electrons. The molecule has 0 saturated carbocycles. The number of nitrogens with zero attached hydrogens (tertiary/aromatic N) is 2. The van der Waals surface area contributed by atoms with E-state index in [9.17, 15) is 9.18 Å². The zero-order valence-electron chi connectivity index (χ0n) is 17.3. The Hall–Kier alpha value is -2.24. The second-order valence-corrected chi connectivity index (χ2v) is 8.49. The molecule has 2 fully saturated rings. The molecule has 0 N–H and O–H groups in total. The molecule has 2 heterocycles. The fraction of sp³-hybridized carbons (Fsp3) is 0.458. The van der Waals surface area contributed by atoms with E-state index in [1.54, 1.807) is 17.0 Å². The van der Waals surface area contributed by atoms with Crippen molar-refractivity contribution in [3.63, 3.8) is 0 Å². The summed E-state index contributed by atoms with van der Waals surface area (Å²) in [6.45, 7) is 7.75. The monoisotopic (exact) mass is 396 g/mol. The molecule has 1 atom stereocenters. The van der Waals surface area contributed by atoms with Gasteiger partial charge in [0.2, 0.25) is 0 Å². The SMILES string of the molecule is Cc1ccc(C)c(CN2CCCC3(CC2)CN(c2cccc(F)c2)C(=O)CO3)c1. The Balaban J connectivity index is 1.46. The largest absolute Gasteiger partial charge is 0.363 e. The van der Waals surface area contributed by atoms with Crippen LogP contribution in [0, 0.1) is 19.7 Å². The number of amides is 1. The van der Waals surface area contributed by atoms with Crippen LogP contribution in [0.4, 0.5) is 10.1 Å². The second-order valence-electron chi connectivity index (χ2n) is 8.49. The van der Waals surface area contributed by atoms with Crippen LogP contribution in [-0.4, -0.2) is 42.6 Å². The van der Waals surface area contributed by atoms with Crippen LogP contribution < -0.4 is 4.90 Å². The number of aryl methyl sites for hydroxylation is 2. The van der Waals surface area contributed by atoms with Gasteiger partial charge in [-0.2, -0.15) is 0 Å². The maximum atomic E-state index is 13.7. The van der Waals surface area contributed by atoms with Crippen molar-refractivity contribution < 1.29 is 13.9 Å². The fourth-order valence-corrected chi connectivity index (χ4v) is 4.49. The molecule has 4 nitrogen and oxygen atoms in total. The lowest BCUT2D eigenvalue weighted by Crippen LogP contribution is -2.55. The van der Waals surface area contributed by atoms with Crippen LogP contribution in [0.5, 0.6) is 0 Å². The van der Waals surface area contributed by atoms with E-state index < -0.39 is 0 Å². The van der Waals surface area contributed by atoms with Gasteiger partial charge in [-0.1, -0.05) is 29.8 Å². The highest BCUT2D eigenvalue weighted by atomic mass is 19.1. The molecule has 2 aliphatic rings. The second kappa shape index (κ2) is 8.25. The Morgan fingerprint density at radius 3 is 2.79 bits per heavy atom. The number of anilines is 1. The quantitative estimate of drug-likeness (QED) is 0.778. The van der Waals surface area contributed by atoms with Crippen molar-refractivity contribution in [2.24, 2.45) is 0 Å². The van der Waals surface area contributed by atoms with E-state index in [1.807, 2.05) is 0 Å². The normalized spacial score (nSPS) is 23.4. The summed E-state index contributed by atoms with van der Waals surface area (Å²) >= 11 is 0. The third kappa shape index (κ3) is 4.51. The van der Waals surface area contributed by atoms with Gasteiger partial charge in [0.1, 0.15) is 12.4 Å². The molecule has 5 heteroatoms. The predicted molar refractivity (Wildman–Crippen MR) is 112 cm³/mol. The number of carbonyl (C=O) groups excluding carboxylic acids is 1. The lowest BCUT2D eigenvalue weighted by atomic mass is 9.92. The fourth-order valence-electron chi connectivity index (χ4n) is 4.49. The maximum absolute atomic E-state index is 13.7. The molecule has 2 aromatic rings. The third-order valence-electron chi connectivity index (χ3n) is 6.26. The van der Waals surface area contributed by atoms with Crippen molar-refractivity contribution in [1.29, 1.82) is 0 Å². The summed E-state index contributed by atoms with van der Waals surface area (Å²) in [5.41, 5.74) is 4.26. The first-order valence-electron chi connectivity index (χ1n) is 10.4. The first-order valence-corrected chi connectivity index (χ1v) is 10.4. The average molecular weight is 397 g/mol.